The fraction of sp³-hybridized carbons (Fsp3) is 0.176. The summed E-state index contributed by atoms with van der Waals surface area (Å²) in [5, 5.41) is 0. The van der Waals surface area contributed by atoms with Gasteiger partial charge in [0.1, 0.15) is 10.1 Å². The predicted octanol–water partition coefficient (Wildman–Crippen LogP) is 3.70. The second-order valence-electron chi connectivity index (χ2n) is 4.96. The highest BCUT2D eigenvalue weighted by atomic mass is 32.2. The molecule has 0 spiro atoms. The van der Waals surface area contributed by atoms with E-state index in [1.54, 1.807) is 38.7 Å². The number of amides is 1. The molecule has 2 heterocycles. The highest BCUT2D eigenvalue weighted by Gasteiger charge is 2.32. The van der Waals surface area contributed by atoms with Crippen molar-refractivity contribution in [2.75, 3.05) is 14.2 Å². The molecular weight excluding hydrogens is 346 g/mol. The first-order valence-electron chi connectivity index (χ1n) is 7.12. The average Bonchev–Trinajstić information content (AvgIpc) is 3.19. The first kappa shape index (κ1) is 16.6. The van der Waals surface area contributed by atoms with Crippen molar-refractivity contribution in [2.24, 2.45) is 0 Å². The molecule has 1 amide bonds. The van der Waals surface area contributed by atoms with Crippen molar-refractivity contribution in [1.29, 1.82) is 0 Å². The number of ether oxygens (including phenoxy) is 2. The zero-order valence-electron chi connectivity index (χ0n) is 13.1. The van der Waals surface area contributed by atoms with Gasteiger partial charge in [-0.15, -0.1) is 0 Å². The Balaban J connectivity index is 1.83. The quantitative estimate of drug-likeness (QED) is 0.598. The van der Waals surface area contributed by atoms with E-state index >= 15 is 0 Å². The van der Waals surface area contributed by atoms with Crippen LogP contribution in [0.15, 0.2) is 45.9 Å². The molecule has 124 valence electrons. The summed E-state index contributed by atoms with van der Waals surface area (Å²) in [6, 6.07) is 9.08. The standard InChI is InChI=1S/C17H15NO4S2/c1-20-13-6-5-11(8-14(13)21-2)9-15-16(19)18(17(23)24-15)10-12-4-3-7-22-12/h3-9H,10H2,1-2H3/b15-9+. The number of carbonyl (C=O) groups is 1. The van der Waals surface area contributed by atoms with Crippen molar-refractivity contribution in [3.63, 3.8) is 0 Å². The Morgan fingerprint density at radius 3 is 2.71 bits per heavy atom. The van der Waals surface area contributed by atoms with E-state index in [9.17, 15) is 4.79 Å². The van der Waals surface area contributed by atoms with Crippen molar-refractivity contribution in [3.05, 3.63) is 52.8 Å². The molecule has 0 radical (unpaired) electrons. The molecule has 0 unspecified atom stereocenters. The topological polar surface area (TPSA) is 51.9 Å². The maximum absolute atomic E-state index is 12.6. The van der Waals surface area contributed by atoms with E-state index in [1.807, 2.05) is 18.2 Å². The van der Waals surface area contributed by atoms with Crippen LogP contribution in [0.2, 0.25) is 0 Å². The van der Waals surface area contributed by atoms with Crippen molar-refractivity contribution in [2.45, 2.75) is 6.54 Å². The number of carbonyl (C=O) groups excluding carboxylic acids is 1. The monoisotopic (exact) mass is 361 g/mol. The van der Waals surface area contributed by atoms with Crippen LogP contribution in [0.25, 0.3) is 6.08 Å². The van der Waals surface area contributed by atoms with Gasteiger partial charge in [0, 0.05) is 0 Å². The largest absolute Gasteiger partial charge is 0.493 e. The molecule has 3 rings (SSSR count). The molecule has 5 nitrogen and oxygen atoms in total. The minimum absolute atomic E-state index is 0.129. The molecule has 2 aromatic rings. The minimum Gasteiger partial charge on any atom is -0.493 e. The van der Waals surface area contributed by atoms with Crippen LogP contribution >= 0.6 is 24.0 Å². The Bertz CT molecular complexity index is 799. The highest BCUT2D eigenvalue weighted by Crippen LogP contribution is 2.35. The summed E-state index contributed by atoms with van der Waals surface area (Å²) in [7, 11) is 3.15. The summed E-state index contributed by atoms with van der Waals surface area (Å²) in [6.45, 7) is 0.334. The normalized spacial score (nSPS) is 16.1. The predicted molar refractivity (Wildman–Crippen MR) is 97.0 cm³/mol. The molecule has 1 aromatic carbocycles. The summed E-state index contributed by atoms with van der Waals surface area (Å²) in [5.74, 6) is 1.81. The molecule has 1 aliphatic rings. The molecule has 0 N–H and O–H groups in total. The number of nitrogens with zero attached hydrogens (tertiary/aromatic N) is 1. The van der Waals surface area contributed by atoms with Gasteiger partial charge in [0.05, 0.1) is 31.9 Å². The van der Waals surface area contributed by atoms with Crippen molar-refractivity contribution in [1.82, 2.24) is 4.90 Å². The molecule has 0 atom stereocenters. The second kappa shape index (κ2) is 7.11. The zero-order chi connectivity index (χ0) is 17.1. The fourth-order valence-electron chi connectivity index (χ4n) is 2.29. The Labute approximate surface area is 149 Å². The minimum atomic E-state index is -0.129. The fourth-order valence-corrected chi connectivity index (χ4v) is 3.54. The van der Waals surface area contributed by atoms with E-state index < -0.39 is 0 Å². The van der Waals surface area contributed by atoms with Crippen LogP contribution in [0.3, 0.4) is 0 Å². The summed E-state index contributed by atoms with van der Waals surface area (Å²) in [5.41, 5.74) is 0.839. The number of thiocarbonyl (C=S) groups is 1. The van der Waals surface area contributed by atoms with Gasteiger partial charge in [-0.3, -0.25) is 9.69 Å². The van der Waals surface area contributed by atoms with Gasteiger partial charge in [-0.2, -0.15) is 0 Å². The number of hydrogen-bond donors (Lipinski definition) is 0. The summed E-state index contributed by atoms with van der Waals surface area (Å²) < 4.78 is 16.3. The lowest BCUT2D eigenvalue weighted by Crippen LogP contribution is -2.27. The van der Waals surface area contributed by atoms with Crippen LogP contribution in [0.4, 0.5) is 0 Å². The number of benzene rings is 1. The lowest BCUT2D eigenvalue weighted by atomic mass is 10.2. The van der Waals surface area contributed by atoms with Gasteiger partial charge in [0.2, 0.25) is 0 Å². The van der Waals surface area contributed by atoms with Crippen molar-refractivity contribution < 1.29 is 18.7 Å². The smallest absolute Gasteiger partial charge is 0.266 e. The van der Waals surface area contributed by atoms with E-state index in [2.05, 4.69) is 0 Å². The first-order valence-corrected chi connectivity index (χ1v) is 8.34. The van der Waals surface area contributed by atoms with E-state index in [0.717, 1.165) is 5.56 Å². The number of methoxy groups -OCH3 is 2. The summed E-state index contributed by atoms with van der Waals surface area (Å²) >= 11 is 6.59. The Hall–Kier alpha value is -2.25. The van der Waals surface area contributed by atoms with Gasteiger partial charge >= 0.3 is 0 Å². The van der Waals surface area contributed by atoms with E-state index in [0.29, 0.717) is 33.0 Å². The summed E-state index contributed by atoms with van der Waals surface area (Å²) in [6.07, 6.45) is 3.37. The molecule has 24 heavy (non-hydrogen) atoms. The van der Waals surface area contributed by atoms with Crippen molar-refractivity contribution in [3.8, 4) is 11.5 Å². The molecule has 0 aliphatic carbocycles. The Kier molecular flexibility index (Phi) is 4.92. The Morgan fingerprint density at radius 2 is 2.04 bits per heavy atom. The first-order chi connectivity index (χ1) is 11.6. The van der Waals surface area contributed by atoms with Crippen LogP contribution in [0, 0.1) is 0 Å². The van der Waals surface area contributed by atoms with Crippen LogP contribution < -0.4 is 9.47 Å². The highest BCUT2D eigenvalue weighted by molar-refractivity contribution is 8.26. The lowest BCUT2D eigenvalue weighted by Gasteiger charge is -2.12. The molecule has 0 saturated carbocycles. The van der Waals surface area contributed by atoms with E-state index in [4.69, 9.17) is 26.1 Å². The number of hydrogen-bond acceptors (Lipinski definition) is 6. The number of thioether (sulfide) groups is 1. The maximum atomic E-state index is 12.6. The zero-order valence-corrected chi connectivity index (χ0v) is 14.8. The Morgan fingerprint density at radius 1 is 1.25 bits per heavy atom. The second-order valence-corrected chi connectivity index (χ2v) is 6.64. The third-order valence-electron chi connectivity index (χ3n) is 3.47. The van der Waals surface area contributed by atoms with Crippen molar-refractivity contribution >= 4 is 40.3 Å². The van der Waals surface area contributed by atoms with E-state index in [-0.39, 0.29) is 5.91 Å². The van der Waals surface area contributed by atoms with Crippen LogP contribution in [0.1, 0.15) is 11.3 Å². The number of rotatable bonds is 5. The van der Waals surface area contributed by atoms with Gasteiger partial charge < -0.3 is 13.9 Å². The van der Waals surface area contributed by atoms with Crippen LogP contribution in [-0.4, -0.2) is 29.3 Å². The number of furan rings is 1. The van der Waals surface area contributed by atoms with E-state index in [1.165, 1.54) is 16.7 Å². The molecule has 0 bridgehead atoms. The third kappa shape index (κ3) is 3.32. The third-order valence-corrected chi connectivity index (χ3v) is 4.85. The average molecular weight is 361 g/mol. The van der Waals surface area contributed by atoms with Gasteiger partial charge in [0.15, 0.2) is 11.5 Å². The SMILES string of the molecule is COc1ccc(/C=C2/SC(=S)N(Cc3ccco3)C2=O)cc1OC. The molecule has 1 aliphatic heterocycles. The molecule has 1 aromatic heterocycles. The van der Waals surface area contributed by atoms with Gasteiger partial charge in [-0.25, -0.2) is 0 Å². The van der Waals surface area contributed by atoms with Gasteiger partial charge in [-0.1, -0.05) is 30.0 Å². The lowest BCUT2D eigenvalue weighted by molar-refractivity contribution is -0.122. The van der Waals surface area contributed by atoms with Crippen LogP contribution in [0.5, 0.6) is 11.5 Å². The molecule has 7 heteroatoms. The molecule has 1 saturated heterocycles. The molecule has 1 fully saturated rings. The molecular formula is C17H15NO4S2. The maximum Gasteiger partial charge on any atom is 0.266 e. The van der Waals surface area contributed by atoms with Crippen LogP contribution in [-0.2, 0) is 11.3 Å². The van der Waals surface area contributed by atoms with Gasteiger partial charge in [0.25, 0.3) is 5.91 Å². The summed E-state index contributed by atoms with van der Waals surface area (Å²) in [4.78, 5) is 14.7. The van der Waals surface area contributed by atoms with Gasteiger partial charge in [-0.05, 0) is 35.9 Å².